The summed E-state index contributed by atoms with van der Waals surface area (Å²) in [6, 6.07) is 20.1. The molecule has 1 aliphatic carbocycles. The number of halogens is 1. The SMILES string of the molecule is C=C1/C=C\C=C/Cc2ccc(-c3ccc(I)c4ccccc34)cc2C1(C)C. The summed E-state index contributed by atoms with van der Waals surface area (Å²) in [6.07, 6.45) is 9.53. The van der Waals surface area contributed by atoms with Crippen molar-refractivity contribution in [3.8, 4) is 11.1 Å². The van der Waals surface area contributed by atoms with E-state index in [1.54, 1.807) is 0 Å². The predicted octanol–water partition coefficient (Wildman–Crippen LogP) is 7.61. The lowest BCUT2D eigenvalue weighted by molar-refractivity contribution is 0.635. The molecular formula is C26H23I. The van der Waals surface area contributed by atoms with Crippen molar-refractivity contribution in [2.24, 2.45) is 0 Å². The topological polar surface area (TPSA) is 0 Å². The van der Waals surface area contributed by atoms with E-state index < -0.39 is 0 Å². The van der Waals surface area contributed by atoms with Crippen LogP contribution >= 0.6 is 22.6 Å². The van der Waals surface area contributed by atoms with Gasteiger partial charge in [-0.25, -0.2) is 0 Å². The fraction of sp³-hybridized carbons (Fsp3) is 0.154. The second-order valence-corrected chi connectivity index (χ2v) is 8.82. The van der Waals surface area contributed by atoms with Gasteiger partial charge >= 0.3 is 0 Å². The van der Waals surface area contributed by atoms with Crippen molar-refractivity contribution < 1.29 is 0 Å². The molecule has 0 aromatic heterocycles. The summed E-state index contributed by atoms with van der Waals surface area (Å²) in [5.41, 5.74) is 6.34. The van der Waals surface area contributed by atoms with Crippen molar-refractivity contribution >= 4 is 33.4 Å². The minimum Gasteiger partial charge on any atom is -0.0949 e. The number of hydrogen-bond donors (Lipinski definition) is 0. The molecule has 134 valence electrons. The molecule has 1 heteroatoms. The molecule has 27 heavy (non-hydrogen) atoms. The first-order valence-electron chi connectivity index (χ1n) is 9.32. The summed E-state index contributed by atoms with van der Waals surface area (Å²) in [5.74, 6) is 0. The van der Waals surface area contributed by atoms with Gasteiger partial charge in [0.2, 0.25) is 0 Å². The average Bonchev–Trinajstić information content (AvgIpc) is 2.72. The standard InChI is InChI=1S/C26H23I/c1-18-9-5-4-6-10-19-13-14-20(17-24(19)26(18,2)3)21-15-16-25(27)23-12-8-7-11-22(21)23/h4-9,11-17H,1,10H2,2-3H3/b6-4-,9-5-. The van der Waals surface area contributed by atoms with Crippen LogP contribution in [0.2, 0.25) is 0 Å². The van der Waals surface area contributed by atoms with Crippen LogP contribution in [0.1, 0.15) is 25.0 Å². The van der Waals surface area contributed by atoms with Crippen molar-refractivity contribution in [2.45, 2.75) is 25.7 Å². The number of rotatable bonds is 1. The lowest BCUT2D eigenvalue weighted by atomic mass is 9.75. The molecule has 0 bridgehead atoms. The molecular weight excluding hydrogens is 439 g/mol. The number of benzene rings is 3. The van der Waals surface area contributed by atoms with Gasteiger partial charge in [-0.05, 0) is 79.7 Å². The van der Waals surface area contributed by atoms with Crippen LogP contribution in [0.4, 0.5) is 0 Å². The Morgan fingerprint density at radius 2 is 1.70 bits per heavy atom. The maximum atomic E-state index is 4.35. The van der Waals surface area contributed by atoms with E-state index in [9.17, 15) is 0 Å². The molecule has 4 rings (SSSR count). The fourth-order valence-corrected chi connectivity index (χ4v) is 4.49. The molecule has 3 aromatic rings. The van der Waals surface area contributed by atoms with E-state index in [4.69, 9.17) is 0 Å². The Bertz CT molecular complexity index is 1100. The van der Waals surface area contributed by atoms with Crippen molar-refractivity contribution in [1.82, 2.24) is 0 Å². The van der Waals surface area contributed by atoms with Gasteiger partial charge in [0, 0.05) is 8.99 Å². The van der Waals surface area contributed by atoms with Gasteiger partial charge in [0.15, 0.2) is 0 Å². The molecule has 0 amide bonds. The molecule has 0 unspecified atom stereocenters. The molecule has 0 N–H and O–H groups in total. The highest BCUT2D eigenvalue weighted by Crippen LogP contribution is 2.39. The molecule has 0 saturated heterocycles. The van der Waals surface area contributed by atoms with Crippen LogP contribution in [0.3, 0.4) is 0 Å². The Kier molecular flexibility index (Phi) is 4.81. The first-order valence-corrected chi connectivity index (χ1v) is 10.4. The van der Waals surface area contributed by atoms with Gasteiger partial charge in [-0.3, -0.25) is 0 Å². The Morgan fingerprint density at radius 3 is 2.52 bits per heavy atom. The van der Waals surface area contributed by atoms with E-state index in [0.29, 0.717) is 0 Å². The summed E-state index contributed by atoms with van der Waals surface area (Å²) in [6.45, 7) is 8.91. The molecule has 0 nitrogen and oxygen atoms in total. The van der Waals surface area contributed by atoms with Gasteiger partial charge in [0.05, 0.1) is 0 Å². The van der Waals surface area contributed by atoms with E-state index in [-0.39, 0.29) is 5.41 Å². The minimum absolute atomic E-state index is 0.104. The smallest absolute Gasteiger partial charge is 0.0209 e. The third kappa shape index (κ3) is 3.29. The van der Waals surface area contributed by atoms with Gasteiger partial charge < -0.3 is 0 Å². The van der Waals surface area contributed by atoms with Crippen LogP contribution in [0.5, 0.6) is 0 Å². The van der Waals surface area contributed by atoms with Crippen molar-refractivity contribution in [2.75, 3.05) is 0 Å². The summed E-state index contributed by atoms with van der Waals surface area (Å²) in [5, 5.41) is 2.62. The normalized spacial score (nSPS) is 18.3. The highest BCUT2D eigenvalue weighted by molar-refractivity contribution is 14.1. The van der Waals surface area contributed by atoms with Crippen LogP contribution in [0.15, 0.2) is 91.1 Å². The van der Waals surface area contributed by atoms with Gasteiger partial charge in [-0.15, -0.1) is 0 Å². The molecule has 0 aliphatic heterocycles. The van der Waals surface area contributed by atoms with E-state index in [0.717, 1.165) is 12.0 Å². The number of fused-ring (bicyclic) bond motifs is 2. The lowest BCUT2D eigenvalue weighted by Crippen LogP contribution is -2.20. The largest absolute Gasteiger partial charge is 0.0949 e. The van der Waals surface area contributed by atoms with E-state index in [1.807, 2.05) is 0 Å². The highest BCUT2D eigenvalue weighted by Gasteiger charge is 2.26. The predicted molar refractivity (Wildman–Crippen MR) is 126 cm³/mol. The summed E-state index contributed by atoms with van der Waals surface area (Å²) in [4.78, 5) is 0. The summed E-state index contributed by atoms with van der Waals surface area (Å²) < 4.78 is 1.29. The molecule has 0 heterocycles. The minimum atomic E-state index is -0.104. The third-order valence-corrected chi connectivity index (χ3v) is 6.59. The second-order valence-electron chi connectivity index (χ2n) is 7.65. The first kappa shape index (κ1) is 18.2. The molecule has 0 radical (unpaired) electrons. The lowest BCUT2D eigenvalue weighted by Gasteiger charge is -2.29. The van der Waals surface area contributed by atoms with Crippen LogP contribution < -0.4 is 0 Å². The Hall–Kier alpha value is -2.13. The Balaban J connectivity index is 1.95. The van der Waals surface area contributed by atoms with Crippen LogP contribution in [0.25, 0.3) is 21.9 Å². The van der Waals surface area contributed by atoms with Crippen LogP contribution in [-0.2, 0) is 11.8 Å². The first-order chi connectivity index (χ1) is 13.0. The zero-order valence-corrected chi connectivity index (χ0v) is 18.0. The Labute approximate surface area is 175 Å². The molecule has 0 saturated carbocycles. The zero-order valence-electron chi connectivity index (χ0n) is 15.8. The van der Waals surface area contributed by atoms with E-state index >= 15 is 0 Å². The van der Waals surface area contributed by atoms with E-state index in [2.05, 4.69) is 122 Å². The maximum Gasteiger partial charge on any atom is 0.0209 e. The highest BCUT2D eigenvalue weighted by atomic mass is 127. The van der Waals surface area contributed by atoms with Gasteiger partial charge in [0.1, 0.15) is 0 Å². The third-order valence-electron chi connectivity index (χ3n) is 5.65. The molecule has 0 fully saturated rings. The van der Waals surface area contributed by atoms with Crippen LogP contribution in [-0.4, -0.2) is 0 Å². The van der Waals surface area contributed by atoms with Crippen molar-refractivity contribution in [3.63, 3.8) is 0 Å². The van der Waals surface area contributed by atoms with Gasteiger partial charge in [-0.1, -0.05) is 87.2 Å². The molecule has 3 aromatic carbocycles. The average molecular weight is 462 g/mol. The molecule has 0 spiro atoms. The van der Waals surface area contributed by atoms with Crippen LogP contribution in [0, 0.1) is 3.57 Å². The van der Waals surface area contributed by atoms with Gasteiger partial charge in [0.25, 0.3) is 0 Å². The second kappa shape index (κ2) is 7.12. The summed E-state index contributed by atoms with van der Waals surface area (Å²) >= 11 is 2.42. The monoisotopic (exact) mass is 462 g/mol. The summed E-state index contributed by atoms with van der Waals surface area (Å²) in [7, 11) is 0. The Morgan fingerprint density at radius 1 is 0.926 bits per heavy atom. The van der Waals surface area contributed by atoms with Gasteiger partial charge in [-0.2, -0.15) is 0 Å². The van der Waals surface area contributed by atoms with Crippen molar-refractivity contribution in [3.05, 3.63) is 106 Å². The van der Waals surface area contributed by atoms with Crippen molar-refractivity contribution in [1.29, 1.82) is 0 Å². The number of hydrogen-bond acceptors (Lipinski definition) is 0. The zero-order chi connectivity index (χ0) is 19.0. The molecule has 1 aliphatic rings. The quantitative estimate of drug-likeness (QED) is 0.327. The maximum absolute atomic E-state index is 4.35. The number of allylic oxidation sites excluding steroid dienone is 5. The molecule has 0 atom stereocenters. The van der Waals surface area contributed by atoms with E-state index in [1.165, 1.54) is 36.6 Å². The fourth-order valence-electron chi connectivity index (χ4n) is 3.84.